The van der Waals surface area contributed by atoms with Crippen molar-refractivity contribution in [3.05, 3.63) is 56.5 Å². The van der Waals surface area contributed by atoms with Gasteiger partial charge in [-0.2, -0.15) is 0 Å². The van der Waals surface area contributed by atoms with Crippen LogP contribution < -0.4 is 10.3 Å². The lowest BCUT2D eigenvalue weighted by molar-refractivity contribution is 0.0375. The predicted molar refractivity (Wildman–Crippen MR) is 125 cm³/mol. The van der Waals surface area contributed by atoms with Crippen molar-refractivity contribution in [2.24, 2.45) is 0 Å². The van der Waals surface area contributed by atoms with Gasteiger partial charge >= 0.3 is 5.97 Å². The van der Waals surface area contributed by atoms with Crippen molar-refractivity contribution in [2.75, 3.05) is 13.2 Å². The first kappa shape index (κ1) is 23.1. The van der Waals surface area contributed by atoms with Gasteiger partial charge in [-0.25, -0.2) is 13.2 Å². The molecule has 1 saturated carbocycles. The SMILES string of the molecule is CC(C)OC(=O)c1cc2c(n(C3CC3)c1=O)-c1cc(Cl)c(O/C=C3\CCOC3)cc1S(=O)(=O)C2. The summed E-state index contributed by atoms with van der Waals surface area (Å²) in [6.07, 6.45) is 3.40. The fourth-order valence-electron chi connectivity index (χ4n) is 4.28. The average Bonchev–Trinajstić information content (AvgIpc) is 3.46. The van der Waals surface area contributed by atoms with Gasteiger partial charge in [0.1, 0.15) is 11.3 Å². The molecule has 1 saturated heterocycles. The van der Waals surface area contributed by atoms with E-state index < -0.39 is 27.5 Å². The van der Waals surface area contributed by atoms with E-state index in [9.17, 15) is 18.0 Å². The Hall–Kier alpha value is -2.62. The first-order valence-corrected chi connectivity index (χ1v) is 13.2. The van der Waals surface area contributed by atoms with E-state index in [0.29, 0.717) is 30.0 Å². The Morgan fingerprint density at radius 3 is 2.68 bits per heavy atom. The number of rotatable bonds is 5. The quantitative estimate of drug-likeness (QED) is 0.446. The molecule has 2 aromatic rings. The highest BCUT2D eigenvalue weighted by Gasteiger charge is 2.37. The summed E-state index contributed by atoms with van der Waals surface area (Å²) in [4.78, 5) is 26.0. The molecule has 3 aliphatic rings. The summed E-state index contributed by atoms with van der Waals surface area (Å²) < 4.78 is 44.3. The van der Waals surface area contributed by atoms with E-state index in [1.54, 1.807) is 13.8 Å². The first-order valence-electron chi connectivity index (χ1n) is 11.1. The summed E-state index contributed by atoms with van der Waals surface area (Å²) in [5.41, 5.74) is 1.50. The smallest absolute Gasteiger partial charge is 0.344 e. The van der Waals surface area contributed by atoms with Crippen molar-refractivity contribution in [1.82, 2.24) is 4.57 Å². The number of aromatic nitrogens is 1. The third kappa shape index (κ3) is 4.16. The number of fused-ring (bicyclic) bond motifs is 3. The van der Waals surface area contributed by atoms with Crippen LogP contribution in [0, 0.1) is 0 Å². The summed E-state index contributed by atoms with van der Waals surface area (Å²) in [6.45, 7) is 4.45. The molecule has 1 aliphatic carbocycles. The number of ether oxygens (including phenoxy) is 3. The number of hydrogen-bond acceptors (Lipinski definition) is 7. The molecule has 1 aromatic carbocycles. The monoisotopic (exact) mass is 505 g/mol. The molecule has 0 amide bonds. The van der Waals surface area contributed by atoms with Gasteiger partial charge < -0.3 is 18.8 Å². The molecule has 0 N–H and O–H groups in total. The second-order valence-corrected chi connectivity index (χ2v) is 11.4. The molecule has 1 aromatic heterocycles. The molecular formula is C24H24ClNO7S. The Bertz CT molecular complexity index is 1380. The lowest BCUT2D eigenvalue weighted by Crippen LogP contribution is -2.32. The second-order valence-electron chi connectivity index (χ2n) is 9.03. The number of esters is 1. The first-order chi connectivity index (χ1) is 16.2. The van der Waals surface area contributed by atoms with Crippen LogP contribution in [0.1, 0.15) is 55.1 Å². The number of hydrogen-bond donors (Lipinski definition) is 0. The van der Waals surface area contributed by atoms with Crippen molar-refractivity contribution in [1.29, 1.82) is 0 Å². The van der Waals surface area contributed by atoms with Crippen LogP contribution in [0.4, 0.5) is 0 Å². The maximum atomic E-state index is 13.4. The summed E-state index contributed by atoms with van der Waals surface area (Å²) in [6, 6.07) is 4.18. The van der Waals surface area contributed by atoms with Gasteiger partial charge in [0.2, 0.25) is 0 Å². The molecule has 34 heavy (non-hydrogen) atoms. The number of nitrogens with zero attached hydrogens (tertiary/aromatic N) is 1. The number of halogens is 1. The van der Waals surface area contributed by atoms with Crippen LogP contribution in [0.5, 0.6) is 5.75 Å². The molecular weight excluding hydrogens is 482 g/mol. The largest absolute Gasteiger partial charge is 0.463 e. The van der Waals surface area contributed by atoms with Crippen molar-refractivity contribution in [3.8, 4) is 17.0 Å². The molecule has 5 rings (SSSR count). The summed E-state index contributed by atoms with van der Waals surface area (Å²) in [5, 5.41) is 0.218. The van der Waals surface area contributed by atoms with Crippen LogP contribution in [-0.4, -0.2) is 38.3 Å². The van der Waals surface area contributed by atoms with Crippen LogP contribution in [0.3, 0.4) is 0 Å². The van der Waals surface area contributed by atoms with Gasteiger partial charge in [0.15, 0.2) is 9.84 Å². The van der Waals surface area contributed by atoms with E-state index in [2.05, 4.69) is 0 Å². The molecule has 0 spiro atoms. The minimum atomic E-state index is -3.78. The van der Waals surface area contributed by atoms with Gasteiger partial charge in [-0.1, -0.05) is 11.6 Å². The molecule has 0 bridgehead atoms. The standard InChI is InChI=1S/C24H24ClNO7S/c1-13(2)33-24(28)18-7-15-12-34(29,30)21-9-20(32-11-14-5-6-31-10-14)19(25)8-17(21)22(15)26(23(18)27)16-3-4-16/h7-9,11,13,16H,3-6,10,12H2,1-2H3/b14-11+. The van der Waals surface area contributed by atoms with Crippen LogP contribution >= 0.6 is 11.6 Å². The lowest BCUT2D eigenvalue weighted by Gasteiger charge is -2.25. The van der Waals surface area contributed by atoms with Gasteiger partial charge in [-0.15, -0.1) is 0 Å². The Morgan fingerprint density at radius 1 is 1.26 bits per heavy atom. The summed E-state index contributed by atoms with van der Waals surface area (Å²) in [7, 11) is -3.78. The minimum absolute atomic E-state index is 0.0479. The molecule has 2 fully saturated rings. The highest BCUT2D eigenvalue weighted by molar-refractivity contribution is 7.90. The summed E-state index contributed by atoms with van der Waals surface area (Å²) in [5.74, 6) is -0.893. The second kappa shape index (κ2) is 8.55. The molecule has 0 unspecified atom stereocenters. The normalized spacial score (nSPS) is 19.7. The van der Waals surface area contributed by atoms with E-state index in [4.69, 9.17) is 25.8 Å². The fourth-order valence-corrected chi connectivity index (χ4v) is 6.05. The Labute approximate surface area is 202 Å². The Balaban J connectivity index is 1.67. The van der Waals surface area contributed by atoms with Crippen molar-refractivity contribution >= 4 is 27.4 Å². The van der Waals surface area contributed by atoms with E-state index >= 15 is 0 Å². The molecule has 0 atom stereocenters. The maximum absolute atomic E-state index is 13.4. The van der Waals surface area contributed by atoms with E-state index in [1.807, 2.05) is 0 Å². The van der Waals surface area contributed by atoms with Crippen LogP contribution in [0.2, 0.25) is 5.02 Å². The van der Waals surface area contributed by atoms with E-state index in [1.165, 1.54) is 29.0 Å². The number of carbonyl (C=O) groups is 1. The van der Waals surface area contributed by atoms with Gasteiger partial charge in [0, 0.05) is 17.7 Å². The molecule has 8 nitrogen and oxygen atoms in total. The minimum Gasteiger partial charge on any atom is -0.463 e. The van der Waals surface area contributed by atoms with Crippen LogP contribution in [-0.2, 0) is 25.1 Å². The van der Waals surface area contributed by atoms with Crippen LogP contribution in [0.15, 0.2) is 39.7 Å². The van der Waals surface area contributed by atoms with Gasteiger partial charge in [0.05, 0.1) is 46.9 Å². The van der Waals surface area contributed by atoms with Gasteiger partial charge in [0.25, 0.3) is 5.56 Å². The van der Waals surface area contributed by atoms with E-state index in [-0.39, 0.29) is 33.0 Å². The van der Waals surface area contributed by atoms with Crippen molar-refractivity contribution < 1.29 is 27.4 Å². The zero-order valence-corrected chi connectivity index (χ0v) is 20.4. The maximum Gasteiger partial charge on any atom is 0.344 e. The topological polar surface area (TPSA) is 101 Å². The molecule has 2 aliphatic heterocycles. The predicted octanol–water partition coefficient (Wildman–Crippen LogP) is 4.04. The lowest BCUT2D eigenvalue weighted by atomic mass is 10.0. The number of pyridine rings is 1. The van der Waals surface area contributed by atoms with Crippen LogP contribution in [0.25, 0.3) is 11.3 Å². The Kier molecular flexibility index (Phi) is 5.82. The zero-order valence-electron chi connectivity index (χ0n) is 18.8. The number of sulfone groups is 1. The van der Waals surface area contributed by atoms with Gasteiger partial charge in [-0.3, -0.25) is 4.79 Å². The number of benzene rings is 1. The van der Waals surface area contributed by atoms with Crippen molar-refractivity contribution in [3.63, 3.8) is 0 Å². The molecule has 0 radical (unpaired) electrons. The summed E-state index contributed by atoms with van der Waals surface area (Å²) >= 11 is 6.49. The molecule has 10 heteroatoms. The highest BCUT2D eigenvalue weighted by atomic mass is 35.5. The van der Waals surface area contributed by atoms with Crippen molar-refractivity contribution in [2.45, 2.75) is 55.9 Å². The van der Waals surface area contributed by atoms with E-state index in [0.717, 1.165) is 24.8 Å². The third-order valence-electron chi connectivity index (χ3n) is 5.96. The number of carbonyl (C=O) groups excluding carboxylic acids is 1. The molecule has 180 valence electrons. The third-order valence-corrected chi connectivity index (χ3v) is 7.96. The fraction of sp³-hybridized carbons (Fsp3) is 0.417. The highest BCUT2D eigenvalue weighted by Crippen LogP contribution is 2.46. The molecule has 3 heterocycles. The van der Waals surface area contributed by atoms with Gasteiger partial charge in [-0.05, 0) is 56.4 Å². The Morgan fingerprint density at radius 2 is 2.03 bits per heavy atom. The zero-order chi connectivity index (χ0) is 24.2. The average molecular weight is 506 g/mol.